The average Bonchev–Trinajstić information content (AvgIpc) is 3.50. The van der Waals surface area contributed by atoms with E-state index in [2.05, 4.69) is 28.6 Å². The predicted molar refractivity (Wildman–Crippen MR) is 130 cm³/mol. The summed E-state index contributed by atoms with van der Waals surface area (Å²) in [5.41, 5.74) is 2.58. The molecule has 4 aromatic rings. The Balaban J connectivity index is 1.55. The van der Waals surface area contributed by atoms with E-state index in [0.717, 1.165) is 34.1 Å². The number of nitrogens with one attached hydrogen (secondary N) is 2. The van der Waals surface area contributed by atoms with Crippen molar-refractivity contribution < 1.29 is 14.3 Å². The first-order valence-corrected chi connectivity index (χ1v) is 11.6. The van der Waals surface area contributed by atoms with E-state index in [1.807, 2.05) is 66.7 Å². The lowest BCUT2D eigenvalue weighted by Gasteiger charge is -2.21. The number of benzene rings is 2. The second kappa shape index (κ2) is 9.34. The number of amides is 1. The molecule has 2 N–H and O–H groups in total. The van der Waals surface area contributed by atoms with Gasteiger partial charge < -0.3 is 20.1 Å². The molecule has 0 saturated carbocycles. The van der Waals surface area contributed by atoms with Gasteiger partial charge in [-0.25, -0.2) is 4.98 Å². The van der Waals surface area contributed by atoms with Crippen molar-refractivity contribution in [2.45, 2.75) is 19.4 Å². The Morgan fingerprint density at radius 2 is 1.85 bits per heavy atom. The van der Waals surface area contributed by atoms with E-state index in [0.29, 0.717) is 11.3 Å². The molecule has 0 radical (unpaired) electrons. The molecular formula is C26H23N3O3S. The van der Waals surface area contributed by atoms with Crippen molar-refractivity contribution in [3.05, 3.63) is 101 Å². The van der Waals surface area contributed by atoms with E-state index < -0.39 is 0 Å². The van der Waals surface area contributed by atoms with Crippen LogP contribution in [0.4, 0.5) is 10.8 Å². The molecule has 1 amide bonds. The van der Waals surface area contributed by atoms with Crippen molar-refractivity contribution >= 4 is 28.1 Å². The third-order valence-electron chi connectivity index (χ3n) is 5.42. The summed E-state index contributed by atoms with van der Waals surface area (Å²) in [7, 11) is 0. The van der Waals surface area contributed by atoms with Crippen molar-refractivity contribution in [2.75, 3.05) is 17.4 Å². The second-order valence-electron chi connectivity index (χ2n) is 7.58. The molecule has 0 aliphatic carbocycles. The number of carbonyl (C=O) groups excluding carboxylic acids is 1. The quantitative estimate of drug-likeness (QED) is 0.362. The van der Waals surface area contributed by atoms with Crippen LogP contribution in [0.5, 0.6) is 11.5 Å². The molecule has 1 aliphatic rings. The number of thiophene rings is 1. The summed E-state index contributed by atoms with van der Waals surface area (Å²) in [5, 5.41) is 7.49. The van der Waals surface area contributed by atoms with E-state index in [4.69, 9.17) is 9.47 Å². The molecule has 0 fully saturated rings. The Kier molecular flexibility index (Phi) is 5.95. The molecule has 33 heavy (non-hydrogen) atoms. The monoisotopic (exact) mass is 457 g/mol. The smallest absolute Gasteiger partial charge is 0.256 e. The topological polar surface area (TPSA) is 72.5 Å². The normalized spacial score (nSPS) is 12.9. The van der Waals surface area contributed by atoms with E-state index in [9.17, 15) is 4.79 Å². The minimum Gasteiger partial charge on any atom is -0.454 e. The van der Waals surface area contributed by atoms with Gasteiger partial charge in [0.15, 0.2) is 11.5 Å². The fourth-order valence-electron chi connectivity index (χ4n) is 3.74. The van der Waals surface area contributed by atoms with Gasteiger partial charge in [-0.3, -0.25) is 4.79 Å². The molecule has 1 unspecified atom stereocenters. The van der Waals surface area contributed by atoms with Crippen LogP contribution in [0.25, 0.3) is 0 Å². The molecule has 166 valence electrons. The van der Waals surface area contributed by atoms with Crippen LogP contribution in [0.2, 0.25) is 0 Å². The van der Waals surface area contributed by atoms with Crippen LogP contribution >= 0.6 is 11.3 Å². The highest BCUT2D eigenvalue weighted by Crippen LogP contribution is 2.41. The minimum atomic E-state index is -0.253. The predicted octanol–water partition coefficient (Wildman–Crippen LogP) is 5.89. The van der Waals surface area contributed by atoms with Gasteiger partial charge in [0, 0.05) is 22.2 Å². The molecule has 1 atom stereocenters. The standard InChI is InChI=1S/C26H23N3O3S/c1-2-19-15-20(26(33-19)29-25(30)17-8-4-3-5-9-17)24(28-23-10-6-7-13-27-23)18-11-12-21-22(14-18)32-16-31-21/h3-15,24H,2,16H2,1H3,(H,27,28)(H,29,30). The van der Waals surface area contributed by atoms with E-state index in [1.54, 1.807) is 17.5 Å². The lowest BCUT2D eigenvalue weighted by molar-refractivity contribution is 0.102. The number of hydrogen-bond donors (Lipinski definition) is 2. The van der Waals surface area contributed by atoms with Crippen LogP contribution in [0.3, 0.4) is 0 Å². The molecule has 1 aliphatic heterocycles. The van der Waals surface area contributed by atoms with E-state index in [1.165, 1.54) is 4.88 Å². The second-order valence-corrected chi connectivity index (χ2v) is 8.71. The maximum absolute atomic E-state index is 13.0. The van der Waals surface area contributed by atoms with E-state index >= 15 is 0 Å². The highest BCUT2D eigenvalue weighted by molar-refractivity contribution is 7.16. The van der Waals surface area contributed by atoms with Gasteiger partial charge >= 0.3 is 0 Å². The molecule has 2 aromatic carbocycles. The summed E-state index contributed by atoms with van der Waals surface area (Å²) in [6.07, 6.45) is 2.62. The highest BCUT2D eigenvalue weighted by atomic mass is 32.1. The summed E-state index contributed by atoms with van der Waals surface area (Å²) in [6.45, 7) is 2.33. The van der Waals surface area contributed by atoms with Crippen molar-refractivity contribution in [3.63, 3.8) is 0 Å². The summed E-state index contributed by atoms with van der Waals surface area (Å²) >= 11 is 1.59. The van der Waals surface area contributed by atoms with Gasteiger partial charge in [0.2, 0.25) is 6.79 Å². The zero-order valence-corrected chi connectivity index (χ0v) is 18.9. The van der Waals surface area contributed by atoms with Gasteiger partial charge in [-0.05, 0) is 54.4 Å². The van der Waals surface area contributed by atoms with Gasteiger partial charge in [-0.2, -0.15) is 0 Å². The SMILES string of the molecule is CCc1cc(C(Nc2ccccn2)c2ccc3c(c2)OCO3)c(NC(=O)c2ccccc2)s1. The van der Waals surface area contributed by atoms with Gasteiger partial charge in [0.1, 0.15) is 10.8 Å². The molecular weight excluding hydrogens is 434 g/mol. The lowest BCUT2D eigenvalue weighted by Crippen LogP contribution is -2.17. The van der Waals surface area contributed by atoms with Crippen LogP contribution in [-0.4, -0.2) is 17.7 Å². The highest BCUT2D eigenvalue weighted by Gasteiger charge is 2.25. The fourth-order valence-corrected chi connectivity index (χ4v) is 4.77. The number of pyridine rings is 1. The van der Waals surface area contributed by atoms with Crippen LogP contribution in [-0.2, 0) is 6.42 Å². The Labute approximate surface area is 196 Å². The molecule has 7 heteroatoms. The number of aryl methyl sites for hydroxylation is 1. The summed E-state index contributed by atoms with van der Waals surface area (Å²) < 4.78 is 11.1. The summed E-state index contributed by atoms with van der Waals surface area (Å²) in [4.78, 5) is 18.6. The Bertz CT molecular complexity index is 1260. The summed E-state index contributed by atoms with van der Waals surface area (Å²) in [5.74, 6) is 2.04. The average molecular weight is 458 g/mol. The molecule has 2 aromatic heterocycles. The van der Waals surface area contributed by atoms with Crippen LogP contribution in [0.15, 0.2) is 79.0 Å². The largest absolute Gasteiger partial charge is 0.454 e. The first kappa shape index (κ1) is 21.0. The van der Waals surface area contributed by atoms with Gasteiger partial charge in [0.25, 0.3) is 5.91 Å². The Morgan fingerprint density at radius 3 is 2.64 bits per heavy atom. The number of nitrogens with zero attached hydrogens (tertiary/aromatic N) is 1. The van der Waals surface area contributed by atoms with Gasteiger partial charge in [-0.1, -0.05) is 37.3 Å². The van der Waals surface area contributed by atoms with E-state index in [-0.39, 0.29) is 18.7 Å². The first-order valence-electron chi connectivity index (χ1n) is 10.8. The molecule has 5 rings (SSSR count). The number of rotatable bonds is 7. The van der Waals surface area contributed by atoms with Crippen molar-refractivity contribution in [1.29, 1.82) is 0 Å². The molecule has 0 saturated heterocycles. The van der Waals surface area contributed by atoms with Crippen molar-refractivity contribution in [1.82, 2.24) is 4.98 Å². The Morgan fingerprint density at radius 1 is 1.03 bits per heavy atom. The minimum absolute atomic E-state index is 0.136. The molecule has 6 nitrogen and oxygen atoms in total. The number of carbonyl (C=O) groups is 1. The van der Waals surface area contributed by atoms with Crippen molar-refractivity contribution in [2.24, 2.45) is 0 Å². The lowest BCUT2D eigenvalue weighted by atomic mass is 9.99. The third kappa shape index (κ3) is 4.54. The zero-order valence-electron chi connectivity index (χ0n) is 18.1. The number of anilines is 2. The third-order valence-corrected chi connectivity index (χ3v) is 6.63. The van der Waals surface area contributed by atoms with Crippen LogP contribution < -0.4 is 20.1 Å². The van der Waals surface area contributed by atoms with Crippen LogP contribution in [0, 0.1) is 0 Å². The number of ether oxygens (including phenoxy) is 2. The number of fused-ring (bicyclic) bond motifs is 1. The van der Waals surface area contributed by atoms with Gasteiger partial charge in [-0.15, -0.1) is 11.3 Å². The number of aromatic nitrogens is 1. The summed E-state index contributed by atoms with van der Waals surface area (Å²) in [6, 6.07) is 22.8. The maximum atomic E-state index is 13.0. The zero-order chi connectivity index (χ0) is 22.6. The molecule has 3 heterocycles. The van der Waals surface area contributed by atoms with Crippen molar-refractivity contribution in [3.8, 4) is 11.5 Å². The number of hydrogen-bond acceptors (Lipinski definition) is 6. The molecule has 0 spiro atoms. The first-order chi connectivity index (χ1) is 16.2. The fraction of sp³-hybridized carbons (Fsp3) is 0.154. The maximum Gasteiger partial charge on any atom is 0.256 e. The Hall–Kier alpha value is -3.84. The van der Waals surface area contributed by atoms with Gasteiger partial charge in [0.05, 0.1) is 6.04 Å². The molecule has 0 bridgehead atoms. The van der Waals surface area contributed by atoms with Crippen LogP contribution in [0.1, 0.15) is 39.3 Å².